The first kappa shape index (κ1) is 15.8. The van der Waals surface area contributed by atoms with Crippen LogP contribution in [-0.2, 0) is 11.3 Å². The highest BCUT2D eigenvalue weighted by Crippen LogP contribution is 2.24. The topological polar surface area (TPSA) is 43.2 Å². The number of aryl methyl sites for hydroxylation is 1. The molecule has 1 aliphatic rings. The molecule has 0 bridgehead atoms. The summed E-state index contributed by atoms with van der Waals surface area (Å²) in [5.74, 6) is 2.12. The number of morpholine rings is 1. The molecule has 0 amide bonds. The minimum atomic E-state index is 0.0610. The first-order valence-corrected chi connectivity index (χ1v) is 8.34. The molecule has 1 aromatic heterocycles. The first-order valence-electron chi connectivity index (χ1n) is 7.35. The number of nitrogens with zero attached hydrogens (tertiary/aromatic N) is 4. The Morgan fingerprint density at radius 1 is 1.45 bits per heavy atom. The van der Waals surface area contributed by atoms with Gasteiger partial charge in [-0.05, 0) is 6.92 Å². The highest BCUT2D eigenvalue weighted by Gasteiger charge is 2.25. The number of thioether (sulfide) groups is 1. The summed E-state index contributed by atoms with van der Waals surface area (Å²) < 4.78 is 8.28. The van der Waals surface area contributed by atoms with Gasteiger partial charge in [0.2, 0.25) is 0 Å². The molecule has 1 atom stereocenters. The van der Waals surface area contributed by atoms with E-state index in [-0.39, 0.29) is 6.10 Å². The monoisotopic (exact) mass is 298 g/mol. The molecule has 5 nitrogen and oxygen atoms in total. The second-order valence-electron chi connectivity index (χ2n) is 6.10. The zero-order valence-corrected chi connectivity index (χ0v) is 13.8. The Labute approximate surface area is 126 Å². The fourth-order valence-electron chi connectivity index (χ4n) is 2.30. The number of hydrogen-bond donors (Lipinski definition) is 0. The molecule has 0 radical (unpaired) electrons. The lowest BCUT2D eigenvalue weighted by molar-refractivity contribution is -0.0339. The van der Waals surface area contributed by atoms with Crippen LogP contribution in [0, 0.1) is 0 Å². The van der Waals surface area contributed by atoms with Crippen molar-refractivity contribution in [2.24, 2.45) is 0 Å². The van der Waals surface area contributed by atoms with E-state index in [1.54, 1.807) is 6.33 Å². The van der Waals surface area contributed by atoms with Gasteiger partial charge in [-0.2, -0.15) is 11.8 Å². The molecule has 6 heteroatoms. The maximum atomic E-state index is 5.87. The molecule has 0 N–H and O–H groups in total. The van der Waals surface area contributed by atoms with Crippen molar-refractivity contribution < 1.29 is 4.74 Å². The van der Waals surface area contributed by atoms with Gasteiger partial charge in [-0.15, -0.1) is 10.2 Å². The van der Waals surface area contributed by atoms with Crippen LogP contribution in [0.15, 0.2) is 6.33 Å². The fraction of sp³-hybridized carbons (Fsp3) is 0.857. The van der Waals surface area contributed by atoms with E-state index < -0.39 is 0 Å². The average molecular weight is 298 g/mol. The van der Waals surface area contributed by atoms with Gasteiger partial charge in [-0.1, -0.05) is 20.8 Å². The standard InChI is InChI=1S/C14H26N4OS/c1-5-18-11-15-16-13(18)12-10-17(6-8-19-12)7-9-20-14(2,3)4/h11-12H,5-10H2,1-4H3/t12-/m1/s1. The largest absolute Gasteiger partial charge is 0.368 e. The predicted octanol–water partition coefficient (Wildman–Crippen LogP) is 2.20. The fourth-order valence-corrected chi connectivity index (χ4v) is 3.26. The van der Waals surface area contributed by atoms with Gasteiger partial charge in [0.25, 0.3) is 0 Å². The molecule has 0 aromatic carbocycles. The Morgan fingerprint density at radius 3 is 2.95 bits per heavy atom. The average Bonchev–Trinajstić information content (AvgIpc) is 2.86. The van der Waals surface area contributed by atoms with E-state index in [4.69, 9.17) is 4.74 Å². The zero-order valence-electron chi connectivity index (χ0n) is 13.0. The molecule has 0 saturated carbocycles. The van der Waals surface area contributed by atoms with Crippen LogP contribution in [-0.4, -0.2) is 56.4 Å². The Bertz CT molecular complexity index is 416. The smallest absolute Gasteiger partial charge is 0.163 e. The molecule has 114 valence electrons. The van der Waals surface area contributed by atoms with Crippen LogP contribution in [0.5, 0.6) is 0 Å². The molecule has 1 saturated heterocycles. The van der Waals surface area contributed by atoms with Crippen molar-refractivity contribution in [2.45, 2.75) is 45.1 Å². The van der Waals surface area contributed by atoms with Crippen LogP contribution in [0.1, 0.15) is 39.6 Å². The Morgan fingerprint density at radius 2 is 2.25 bits per heavy atom. The number of rotatable bonds is 5. The summed E-state index contributed by atoms with van der Waals surface area (Å²) in [6, 6.07) is 0. The highest BCUT2D eigenvalue weighted by molar-refractivity contribution is 8.00. The van der Waals surface area contributed by atoms with Gasteiger partial charge in [-0.25, -0.2) is 0 Å². The Hall–Kier alpha value is -0.590. The molecule has 20 heavy (non-hydrogen) atoms. The second-order valence-corrected chi connectivity index (χ2v) is 8.02. The molecule has 1 aromatic rings. The van der Waals surface area contributed by atoms with E-state index in [2.05, 4.69) is 47.4 Å². The van der Waals surface area contributed by atoms with E-state index in [9.17, 15) is 0 Å². The third-order valence-corrected chi connectivity index (χ3v) is 4.62. The SMILES string of the molecule is CCn1cnnc1[C@H]1CN(CCSC(C)(C)C)CCO1. The van der Waals surface area contributed by atoms with E-state index in [0.717, 1.165) is 44.4 Å². The Kier molecular flexibility index (Phi) is 5.46. The number of hydrogen-bond acceptors (Lipinski definition) is 5. The summed E-state index contributed by atoms with van der Waals surface area (Å²) >= 11 is 2.02. The van der Waals surface area contributed by atoms with E-state index in [1.807, 2.05) is 11.8 Å². The van der Waals surface area contributed by atoms with Gasteiger partial charge in [0.1, 0.15) is 12.4 Å². The van der Waals surface area contributed by atoms with Crippen LogP contribution in [0.4, 0.5) is 0 Å². The second kappa shape index (κ2) is 6.91. The van der Waals surface area contributed by atoms with E-state index >= 15 is 0 Å². The predicted molar refractivity (Wildman–Crippen MR) is 83.0 cm³/mol. The number of ether oxygens (including phenoxy) is 1. The highest BCUT2D eigenvalue weighted by atomic mass is 32.2. The summed E-state index contributed by atoms with van der Waals surface area (Å²) in [6.45, 7) is 13.6. The molecule has 2 rings (SSSR count). The van der Waals surface area contributed by atoms with Crippen LogP contribution >= 0.6 is 11.8 Å². The van der Waals surface area contributed by atoms with Crippen molar-refractivity contribution in [3.05, 3.63) is 12.2 Å². The van der Waals surface area contributed by atoms with E-state index in [0.29, 0.717) is 4.75 Å². The van der Waals surface area contributed by atoms with Gasteiger partial charge >= 0.3 is 0 Å². The zero-order chi connectivity index (χ0) is 14.6. The maximum Gasteiger partial charge on any atom is 0.163 e. The van der Waals surface area contributed by atoms with Crippen LogP contribution in [0.3, 0.4) is 0 Å². The van der Waals surface area contributed by atoms with Gasteiger partial charge in [0, 0.05) is 36.7 Å². The van der Waals surface area contributed by atoms with Crippen molar-refractivity contribution >= 4 is 11.8 Å². The first-order chi connectivity index (χ1) is 9.49. The number of aromatic nitrogens is 3. The van der Waals surface area contributed by atoms with Crippen molar-refractivity contribution in [3.8, 4) is 0 Å². The van der Waals surface area contributed by atoms with Crippen molar-refractivity contribution in [3.63, 3.8) is 0 Å². The van der Waals surface area contributed by atoms with Crippen molar-refractivity contribution in [1.82, 2.24) is 19.7 Å². The molecule has 1 aliphatic heterocycles. The maximum absolute atomic E-state index is 5.87. The van der Waals surface area contributed by atoms with Gasteiger partial charge in [0.05, 0.1) is 6.61 Å². The Balaban J connectivity index is 1.86. The summed E-state index contributed by atoms with van der Waals surface area (Å²) in [7, 11) is 0. The summed E-state index contributed by atoms with van der Waals surface area (Å²) in [6.07, 6.45) is 1.85. The molecular formula is C14H26N4OS. The third kappa shape index (κ3) is 4.46. The van der Waals surface area contributed by atoms with Crippen LogP contribution < -0.4 is 0 Å². The third-order valence-electron chi connectivity index (χ3n) is 3.37. The molecule has 2 heterocycles. The molecule has 0 unspecified atom stereocenters. The minimum absolute atomic E-state index is 0.0610. The summed E-state index contributed by atoms with van der Waals surface area (Å²) in [5, 5.41) is 8.22. The van der Waals surface area contributed by atoms with Crippen molar-refractivity contribution in [2.75, 3.05) is 32.0 Å². The van der Waals surface area contributed by atoms with E-state index in [1.165, 1.54) is 0 Å². The molecule has 0 spiro atoms. The van der Waals surface area contributed by atoms with Gasteiger partial charge in [0.15, 0.2) is 5.82 Å². The summed E-state index contributed by atoms with van der Waals surface area (Å²) in [5.41, 5.74) is 0. The lowest BCUT2D eigenvalue weighted by Gasteiger charge is -2.32. The van der Waals surface area contributed by atoms with Crippen LogP contribution in [0.2, 0.25) is 0 Å². The normalized spacial score (nSPS) is 21.3. The van der Waals surface area contributed by atoms with Gasteiger partial charge in [-0.3, -0.25) is 4.90 Å². The molecular weight excluding hydrogens is 272 g/mol. The molecule has 1 fully saturated rings. The van der Waals surface area contributed by atoms with Gasteiger partial charge < -0.3 is 9.30 Å². The lowest BCUT2D eigenvalue weighted by atomic mass is 10.2. The van der Waals surface area contributed by atoms with Crippen molar-refractivity contribution in [1.29, 1.82) is 0 Å². The van der Waals surface area contributed by atoms with Crippen LogP contribution in [0.25, 0.3) is 0 Å². The quantitative estimate of drug-likeness (QED) is 0.834. The molecule has 0 aliphatic carbocycles. The summed E-state index contributed by atoms with van der Waals surface area (Å²) in [4.78, 5) is 2.47. The minimum Gasteiger partial charge on any atom is -0.368 e. The lowest BCUT2D eigenvalue weighted by Crippen LogP contribution is -2.40.